The van der Waals surface area contributed by atoms with E-state index in [1.807, 2.05) is 6.92 Å². The van der Waals surface area contributed by atoms with E-state index in [0.717, 1.165) is 0 Å². The Kier molecular flexibility index (Phi) is 8.46. The quantitative estimate of drug-likeness (QED) is 0.440. The molecule has 6 heteroatoms. The van der Waals surface area contributed by atoms with E-state index in [1.54, 1.807) is 12.0 Å². The van der Waals surface area contributed by atoms with Gasteiger partial charge in [-0.25, -0.2) is 0 Å². The second kappa shape index (κ2) is 9.11. The normalized spacial score (nSPS) is 10.2. The molecule has 0 atom stereocenters. The number of hydrogen-bond acceptors (Lipinski definition) is 5. The molecule has 0 saturated carbocycles. The monoisotopic (exact) mass is 232 g/mol. The standard InChI is InChI=1S/C10H20N2O4/c1-4-12(8-10(14)16-3)7-9(13)11-5-6-15-2/h4-8H2,1-3H3,(H,11,13). The highest BCUT2D eigenvalue weighted by molar-refractivity contribution is 5.79. The lowest BCUT2D eigenvalue weighted by Gasteiger charge is -2.18. The largest absolute Gasteiger partial charge is 0.468 e. The minimum atomic E-state index is -0.341. The molecule has 0 spiro atoms. The molecule has 1 N–H and O–H groups in total. The fourth-order valence-corrected chi connectivity index (χ4v) is 1.08. The van der Waals surface area contributed by atoms with E-state index < -0.39 is 0 Å². The Labute approximate surface area is 95.9 Å². The van der Waals surface area contributed by atoms with Crippen molar-refractivity contribution in [1.82, 2.24) is 10.2 Å². The maximum absolute atomic E-state index is 11.4. The Morgan fingerprint density at radius 2 is 1.94 bits per heavy atom. The molecule has 0 aliphatic heterocycles. The van der Waals surface area contributed by atoms with Crippen molar-refractivity contribution in [2.75, 3.05) is 47.0 Å². The van der Waals surface area contributed by atoms with Crippen LogP contribution in [0.15, 0.2) is 0 Å². The summed E-state index contributed by atoms with van der Waals surface area (Å²) in [5.74, 6) is -0.464. The third-order valence-electron chi connectivity index (χ3n) is 2.02. The SMILES string of the molecule is CCN(CC(=O)NCCOC)CC(=O)OC. The lowest BCUT2D eigenvalue weighted by Crippen LogP contribution is -2.40. The zero-order valence-electron chi connectivity index (χ0n) is 10.1. The molecule has 6 nitrogen and oxygen atoms in total. The van der Waals surface area contributed by atoms with E-state index in [4.69, 9.17) is 4.74 Å². The number of nitrogens with zero attached hydrogens (tertiary/aromatic N) is 1. The molecule has 1 amide bonds. The second-order valence-corrected chi connectivity index (χ2v) is 3.22. The highest BCUT2D eigenvalue weighted by Gasteiger charge is 2.12. The van der Waals surface area contributed by atoms with Gasteiger partial charge in [0.15, 0.2) is 0 Å². The van der Waals surface area contributed by atoms with Gasteiger partial charge in [0.1, 0.15) is 0 Å². The van der Waals surface area contributed by atoms with Gasteiger partial charge in [0.2, 0.25) is 5.91 Å². The van der Waals surface area contributed by atoms with Crippen LogP contribution in [0, 0.1) is 0 Å². The van der Waals surface area contributed by atoms with E-state index in [2.05, 4.69) is 10.1 Å². The third kappa shape index (κ3) is 7.19. The van der Waals surface area contributed by atoms with Crippen LogP contribution in [-0.4, -0.2) is 63.8 Å². The summed E-state index contributed by atoms with van der Waals surface area (Å²) in [6.07, 6.45) is 0. The summed E-state index contributed by atoms with van der Waals surface area (Å²) in [4.78, 5) is 24.1. The van der Waals surface area contributed by atoms with Crippen LogP contribution in [0.4, 0.5) is 0 Å². The highest BCUT2D eigenvalue weighted by Crippen LogP contribution is 1.89. The molecule has 0 aliphatic rings. The van der Waals surface area contributed by atoms with Crippen molar-refractivity contribution in [1.29, 1.82) is 0 Å². The number of esters is 1. The molecule has 0 aliphatic carbocycles. The first-order chi connectivity index (χ1) is 7.63. The number of amides is 1. The molecule has 0 unspecified atom stereocenters. The van der Waals surface area contributed by atoms with Crippen molar-refractivity contribution in [2.45, 2.75) is 6.92 Å². The first-order valence-electron chi connectivity index (χ1n) is 5.18. The first kappa shape index (κ1) is 14.9. The van der Waals surface area contributed by atoms with Gasteiger partial charge in [-0.1, -0.05) is 6.92 Å². The Bertz CT molecular complexity index is 221. The summed E-state index contributed by atoms with van der Waals surface area (Å²) < 4.78 is 9.33. The number of nitrogens with one attached hydrogen (secondary N) is 1. The van der Waals surface area contributed by atoms with Crippen molar-refractivity contribution in [3.63, 3.8) is 0 Å². The van der Waals surface area contributed by atoms with Crippen molar-refractivity contribution < 1.29 is 19.1 Å². The van der Waals surface area contributed by atoms with Gasteiger partial charge >= 0.3 is 5.97 Å². The predicted molar refractivity (Wildman–Crippen MR) is 59.0 cm³/mol. The van der Waals surface area contributed by atoms with Gasteiger partial charge in [0.25, 0.3) is 0 Å². The van der Waals surface area contributed by atoms with Gasteiger partial charge in [-0.3, -0.25) is 14.5 Å². The molecule has 16 heavy (non-hydrogen) atoms. The fraction of sp³-hybridized carbons (Fsp3) is 0.800. The second-order valence-electron chi connectivity index (χ2n) is 3.22. The summed E-state index contributed by atoms with van der Waals surface area (Å²) in [5, 5.41) is 2.68. The Morgan fingerprint density at radius 1 is 1.25 bits per heavy atom. The lowest BCUT2D eigenvalue weighted by atomic mass is 10.4. The molecule has 0 aromatic heterocycles. The Hall–Kier alpha value is -1.14. The van der Waals surface area contributed by atoms with Crippen molar-refractivity contribution in [3.8, 4) is 0 Å². The Balaban J connectivity index is 3.83. The molecule has 0 bridgehead atoms. The summed E-state index contributed by atoms with van der Waals surface area (Å²) in [6.45, 7) is 3.78. The molecule has 0 saturated heterocycles. The van der Waals surface area contributed by atoms with E-state index in [9.17, 15) is 9.59 Å². The molecule has 0 radical (unpaired) electrons. The van der Waals surface area contributed by atoms with Crippen LogP contribution in [0.3, 0.4) is 0 Å². The van der Waals surface area contributed by atoms with Crippen LogP contribution in [0.2, 0.25) is 0 Å². The minimum absolute atomic E-state index is 0.122. The number of hydrogen-bond donors (Lipinski definition) is 1. The molecule has 0 rings (SSSR count). The molecular weight excluding hydrogens is 212 g/mol. The van der Waals surface area contributed by atoms with Crippen LogP contribution in [0.5, 0.6) is 0 Å². The minimum Gasteiger partial charge on any atom is -0.468 e. The molecule has 94 valence electrons. The van der Waals surface area contributed by atoms with Crippen LogP contribution >= 0.6 is 0 Å². The number of rotatable bonds is 8. The number of methoxy groups -OCH3 is 2. The predicted octanol–water partition coefficient (Wildman–Crippen LogP) is -0.756. The van der Waals surface area contributed by atoms with Crippen molar-refractivity contribution >= 4 is 11.9 Å². The van der Waals surface area contributed by atoms with Crippen LogP contribution in [0.25, 0.3) is 0 Å². The smallest absolute Gasteiger partial charge is 0.319 e. The van der Waals surface area contributed by atoms with E-state index in [-0.39, 0.29) is 25.0 Å². The summed E-state index contributed by atoms with van der Waals surface area (Å²) in [7, 11) is 2.90. The maximum atomic E-state index is 11.4. The maximum Gasteiger partial charge on any atom is 0.319 e. The number of carbonyl (C=O) groups is 2. The number of likely N-dealkylation sites (N-methyl/N-ethyl adjacent to an activating group) is 1. The molecule has 0 aromatic carbocycles. The Morgan fingerprint density at radius 3 is 2.44 bits per heavy atom. The average molecular weight is 232 g/mol. The van der Waals surface area contributed by atoms with Gasteiger partial charge in [-0.2, -0.15) is 0 Å². The zero-order chi connectivity index (χ0) is 12.4. The van der Waals surface area contributed by atoms with Crippen LogP contribution in [-0.2, 0) is 19.1 Å². The summed E-state index contributed by atoms with van der Waals surface area (Å²) in [6, 6.07) is 0. The van der Waals surface area contributed by atoms with Crippen LogP contribution in [0.1, 0.15) is 6.92 Å². The van der Waals surface area contributed by atoms with E-state index in [1.165, 1.54) is 7.11 Å². The summed E-state index contributed by atoms with van der Waals surface area (Å²) in [5.41, 5.74) is 0. The topological polar surface area (TPSA) is 67.9 Å². The van der Waals surface area contributed by atoms with E-state index >= 15 is 0 Å². The van der Waals surface area contributed by atoms with Gasteiger partial charge in [-0.15, -0.1) is 0 Å². The van der Waals surface area contributed by atoms with Crippen molar-refractivity contribution in [3.05, 3.63) is 0 Å². The lowest BCUT2D eigenvalue weighted by molar-refractivity contribution is -0.142. The fourth-order valence-electron chi connectivity index (χ4n) is 1.08. The highest BCUT2D eigenvalue weighted by atomic mass is 16.5. The molecule has 0 heterocycles. The third-order valence-corrected chi connectivity index (χ3v) is 2.02. The first-order valence-corrected chi connectivity index (χ1v) is 5.18. The molecule has 0 aromatic rings. The van der Waals surface area contributed by atoms with E-state index in [0.29, 0.717) is 19.7 Å². The van der Waals surface area contributed by atoms with Gasteiger partial charge < -0.3 is 14.8 Å². The van der Waals surface area contributed by atoms with Gasteiger partial charge in [0, 0.05) is 13.7 Å². The molecule has 0 fully saturated rings. The van der Waals surface area contributed by atoms with Crippen LogP contribution < -0.4 is 5.32 Å². The van der Waals surface area contributed by atoms with Crippen molar-refractivity contribution in [2.24, 2.45) is 0 Å². The molecular formula is C10H20N2O4. The number of ether oxygens (including phenoxy) is 2. The van der Waals surface area contributed by atoms with Gasteiger partial charge in [-0.05, 0) is 6.54 Å². The number of carbonyl (C=O) groups excluding carboxylic acids is 2. The zero-order valence-corrected chi connectivity index (χ0v) is 10.1. The van der Waals surface area contributed by atoms with Gasteiger partial charge in [0.05, 0.1) is 26.8 Å². The summed E-state index contributed by atoms with van der Waals surface area (Å²) >= 11 is 0. The average Bonchev–Trinajstić information content (AvgIpc) is 2.28.